The van der Waals surface area contributed by atoms with Crippen molar-refractivity contribution in [3.05, 3.63) is 78.1 Å². The summed E-state index contributed by atoms with van der Waals surface area (Å²) in [5.74, 6) is 2.41. The van der Waals surface area contributed by atoms with Crippen LogP contribution in [0.4, 0.5) is 0 Å². The second-order valence-corrected chi connectivity index (χ2v) is 5.06. The van der Waals surface area contributed by atoms with E-state index in [-0.39, 0.29) is 0 Å². The molecule has 1 aliphatic heterocycles. The number of hydrogen-bond acceptors (Lipinski definition) is 2. The molecule has 2 heteroatoms. The smallest absolute Gasteiger partial charge is 0.169 e. The van der Waals surface area contributed by atoms with E-state index in [0.717, 1.165) is 33.6 Å². The maximum absolute atomic E-state index is 5.98. The van der Waals surface area contributed by atoms with Crippen molar-refractivity contribution in [3.63, 3.8) is 0 Å². The van der Waals surface area contributed by atoms with Gasteiger partial charge in [-0.15, -0.1) is 0 Å². The van der Waals surface area contributed by atoms with Gasteiger partial charge in [-0.05, 0) is 34.5 Å². The van der Waals surface area contributed by atoms with Crippen molar-refractivity contribution in [2.45, 2.75) is 0 Å². The highest BCUT2D eigenvalue weighted by molar-refractivity contribution is 5.86. The summed E-state index contributed by atoms with van der Waals surface area (Å²) in [5, 5.41) is 2.32. The Kier molecular flexibility index (Phi) is 2.86. The first-order valence-electron chi connectivity index (χ1n) is 6.97. The Morgan fingerprint density at radius 1 is 0.762 bits per heavy atom. The van der Waals surface area contributed by atoms with E-state index in [4.69, 9.17) is 9.47 Å². The highest BCUT2D eigenvalue weighted by atomic mass is 16.6. The van der Waals surface area contributed by atoms with E-state index in [2.05, 4.69) is 12.1 Å². The molecule has 3 aromatic carbocycles. The highest BCUT2D eigenvalue weighted by Gasteiger charge is 2.16. The zero-order valence-corrected chi connectivity index (χ0v) is 11.5. The second kappa shape index (κ2) is 4.98. The van der Waals surface area contributed by atoms with E-state index in [1.807, 2.05) is 60.7 Å². The molecule has 0 aliphatic carbocycles. The molecule has 2 nitrogen and oxygen atoms in total. The van der Waals surface area contributed by atoms with Gasteiger partial charge in [-0.25, -0.2) is 0 Å². The molecule has 102 valence electrons. The summed E-state index contributed by atoms with van der Waals surface area (Å²) in [6.07, 6.45) is 2.01. The quantitative estimate of drug-likeness (QED) is 0.643. The van der Waals surface area contributed by atoms with Gasteiger partial charge in [-0.3, -0.25) is 0 Å². The summed E-state index contributed by atoms with van der Waals surface area (Å²) in [5.41, 5.74) is 1.11. The summed E-state index contributed by atoms with van der Waals surface area (Å²) in [4.78, 5) is 0. The molecule has 0 fully saturated rings. The third-order valence-corrected chi connectivity index (χ3v) is 3.55. The molecule has 3 aromatic rings. The maximum atomic E-state index is 5.98. The molecule has 0 N–H and O–H groups in total. The van der Waals surface area contributed by atoms with Crippen molar-refractivity contribution in [1.29, 1.82) is 0 Å². The average molecular weight is 274 g/mol. The second-order valence-electron chi connectivity index (χ2n) is 5.06. The van der Waals surface area contributed by atoms with Crippen LogP contribution in [0.3, 0.4) is 0 Å². The van der Waals surface area contributed by atoms with Crippen LogP contribution in [0.15, 0.2) is 72.5 Å². The van der Waals surface area contributed by atoms with Gasteiger partial charge in [0.05, 0.1) is 0 Å². The van der Waals surface area contributed by atoms with Gasteiger partial charge < -0.3 is 9.47 Å². The predicted octanol–water partition coefficient (Wildman–Crippen LogP) is 4.65. The zero-order valence-electron chi connectivity index (χ0n) is 11.5. The van der Waals surface area contributed by atoms with Crippen LogP contribution in [-0.4, -0.2) is 6.61 Å². The predicted molar refractivity (Wildman–Crippen MR) is 84.5 cm³/mol. The van der Waals surface area contributed by atoms with Gasteiger partial charge in [0, 0.05) is 0 Å². The molecule has 0 unspecified atom stereocenters. The van der Waals surface area contributed by atoms with Gasteiger partial charge in [-0.1, -0.05) is 54.6 Å². The Labute approximate surface area is 123 Å². The van der Waals surface area contributed by atoms with Crippen molar-refractivity contribution in [2.24, 2.45) is 0 Å². The standard InChI is InChI=1S/C19H14O2/c1-2-6-14(7-3-1)10-17-13-20-18-11-15-8-4-5-9-16(15)12-19(18)21-17/h1-12H,13H2/b17-10+. The van der Waals surface area contributed by atoms with Gasteiger partial charge in [0.25, 0.3) is 0 Å². The number of hydrogen-bond donors (Lipinski definition) is 0. The lowest BCUT2D eigenvalue weighted by Gasteiger charge is -2.21. The molecule has 0 spiro atoms. The molecule has 0 atom stereocenters. The summed E-state index contributed by atoms with van der Waals surface area (Å²) < 4.78 is 11.8. The van der Waals surface area contributed by atoms with Crippen LogP contribution >= 0.6 is 0 Å². The van der Waals surface area contributed by atoms with E-state index < -0.39 is 0 Å². The molecular formula is C19H14O2. The topological polar surface area (TPSA) is 18.5 Å². The molecule has 1 aliphatic rings. The van der Waals surface area contributed by atoms with E-state index >= 15 is 0 Å². The van der Waals surface area contributed by atoms with Crippen molar-refractivity contribution in [1.82, 2.24) is 0 Å². The van der Waals surface area contributed by atoms with Crippen LogP contribution in [0.5, 0.6) is 11.5 Å². The number of fused-ring (bicyclic) bond motifs is 2. The Bertz CT molecular complexity index is 819. The van der Waals surface area contributed by atoms with E-state index in [1.165, 1.54) is 0 Å². The van der Waals surface area contributed by atoms with Crippen molar-refractivity contribution in [3.8, 4) is 11.5 Å². The van der Waals surface area contributed by atoms with Gasteiger partial charge in [-0.2, -0.15) is 0 Å². The molecule has 0 radical (unpaired) electrons. The number of benzene rings is 3. The van der Waals surface area contributed by atoms with E-state index in [9.17, 15) is 0 Å². The van der Waals surface area contributed by atoms with E-state index in [0.29, 0.717) is 6.61 Å². The molecular weight excluding hydrogens is 260 g/mol. The third kappa shape index (κ3) is 2.36. The molecule has 1 heterocycles. The first-order valence-corrected chi connectivity index (χ1v) is 6.97. The third-order valence-electron chi connectivity index (χ3n) is 3.55. The fourth-order valence-electron chi connectivity index (χ4n) is 2.52. The first kappa shape index (κ1) is 12.0. The first-order chi connectivity index (χ1) is 10.4. The lowest BCUT2D eigenvalue weighted by Crippen LogP contribution is -2.13. The van der Waals surface area contributed by atoms with Crippen LogP contribution in [0.1, 0.15) is 5.56 Å². The molecule has 0 bridgehead atoms. The summed E-state index contributed by atoms with van der Waals surface area (Å²) in [6, 6.07) is 22.4. The highest BCUT2D eigenvalue weighted by Crippen LogP contribution is 2.36. The monoisotopic (exact) mass is 274 g/mol. The molecule has 4 rings (SSSR count). The molecule has 0 aromatic heterocycles. The van der Waals surface area contributed by atoms with Gasteiger partial charge in [0.15, 0.2) is 11.5 Å². The van der Waals surface area contributed by atoms with Crippen molar-refractivity contribution in [2.75, 3.05) is 6.61 Å². The van der Waals surface area contributed by atoms with Crippen LogP contribution in [0.2, 0.25) is 0 Å². The maximum Gasteiger partial charge on any atom is 0.169 e. The molecule has 0 saturated heterocycles. The van der Waals surface area contributed by atoms with Crippen LogP contribution in [0, 0.1) is 0 Å². The molecule has 0 amide bonds. The van der Waals surface area contributed by atoms with Crippen LogP contribution in [0.25, 0.3) is 16.8 Å². The van der Waals surface area contributed by atoms with Gasteiger partial charge in [0.2, 0.25) is 0 Å². The molecule has 21 heavy (non-hydrogen) atoms. The lowest BCUT2D eigenvalue weighted by atomic mass is 10.1. The SMILES string of the molecule is C(=C1/COc2cc3ccccc3cc2O1)/c1ccccc1. The number of rotatable bonds is 1. The zero-order chi connectivity index (χ0) is 14.1. The average Bonchev–Trinajstić information content (AvgIpc) is 2.54. The van der Waals surface area contributed by atoms with Gasteiger partial charge >= 0.3 is 0 Å². The lowest BCUT2D eigenvalue weighted by molar-refractivity contribution is 0.235. The Balaban J connectivity index is 1.71. The fraction of sp³-hybridized carbons (Fsp3) is 0.0526. The van der Waals surface area contributed by atoms with Crippen LogP contribution < -0.4 is 9.47 Å². The minimum atomic E-state index is 0.459. The van der Waals surface area contributed by atoms with Gasteiger partial charge in [0.1, 0.15) is 12.4 Å². The summed E-state index contributed by atoms with van der Waals surface area (Å²) in [6.45, 7) is 0.459. The van der Waals surface area contributed by atoms with Crippen LogP contribution in [-0.2, 0) is 0 Å². The fourth-order valence-corrected chi connectivity index (χ4v) is 2.52. The number of ether oxygens (including phenoxy) is 2. The normalized spacial score (nSPS) is 15.3. The Morgan fingerprint density at radius 2 is 1.43 bits per heavy atom. The largest absolute Gasteiger partial charge is 0.482 e. The molecule has 0 saturated carbocycles. The Hall–Kier alpha value is -2.74. The van der Waals surface area contributed by atoms with Crippen molar-refractivity contribution >= 4 is 16.8 Å². The summed E-state index contributed by atoms with van der Waals surface area (Å²) >= 11 is 0. The minimum absolute atomic E-state index is 0.459. The van der Waals surface area contributed by atoms with E-state index in [1.54, 1.807) is 0 Å². The minimum Gasteiger partial charge on any atom is -0.482 e. The summed E-state index contributed by atoms with van der Waals surface area (Å²) in [7, 11) is 0. The van der Waals surface area contributed by atoms with Crippen molar-refractivity contribution < 1.29 is 9.47 Å². The Morgan fingerprint density at radius 3 is 2.19 bits per heavy atom.